The number of ether oxygens (including phenoxy) is 2. The first-order valence-corrected chi connectivity index (χ1v) is 8.99. The Bertz CT molecular complexity index is 996. The van der Waals surface area contributed by atoms with E-state index in [0.29, 0.717) is 17.9 Å². The summed E-state index contributed by atoms with van der Waals surface area (Å²) in [5.74, 6) is -0.0703. The van der Waals surface area contributed by atoms with Crippen molar-refractivity contribution in [3.63, 3.8) is 0 Å². The normalized spacial score (nSPS) is 11.8. The summed E-state index contributed by atoms with van der Waals surface area (Å²) in [5.41, 5.74) is 3.27. The Morgan fingerprint density at radius 1 is 1.21 bits per heavy atom. The van der Waals surface area contributed by atoms with Gasteiger partial charge in [0.1, 0.15) is 18.0 Å². The molecule has 1 atom stereocenters. The minimum Gasteiger partial charge on any atom is -0.487 e. The molecule has 3 rings (SSSR count). The van der Waals surface area contributed by atoms with Gasteiger partial charge in [0.05, 0.1) is 19.2 Å². The molecule has 1 aromatic carbocycles. The number of fused-ring (bicyclic) bond motifs is 1. The highest BCUT2D eigenvalue weighted by molar-refractivity contribution is 5.95. The number of carbonyl (C=O) groups is 2. The largest absolute Gasteiger partial charge is 0.487 e. The zero-order chi connectivity index (χ0) is 20.1. The van der Waals surface area contributed by atoms with Gasteiger partial charge in [0, 0.05) is 24.0 Å². The Labute approximate surface area is 163 Å². The maximum Gasteiger partial charge on any atom is 0.307 e. The summed E-state index contributed by atoms with van der Waals surface area (Å²) in [6, 6.07) is 10.5. The first kappa shape index (κ1) is 19.4. The number of nitrogens with zero attached hydrogens (tertiary/aromatic N) is 2. The molecular formula is C21H23N3O4. The number of amides is 1. The number of aromatic nitrogens is 2. The zero-order valence-electron chi connectivity index (χ0n) is 16.1. The van der Waals surface area contributed by atoms with Gasteiger partial charge in [-0.3, -0.25) is 9.59 Å². The third-order valence-corrected chi connectivity index (χ3v) is 4.21. The average molecular weight is 381 g/mol. The van der Waals surface area contributed by atoms with Crippen molar-refractivity contribution in [2.24, 2.45) is 0 Å². The molecule has 0 radical (unpaired) electrons. The van der Waals surface area contributed by atoms with Crippen LogP contribution in [0.5, 0.6) is 5.75 Å². The van der Waals surface area contributed by atoms with Gasteiger partial charge in [-0.25, -0.2) is 4.98 Å². The summed E-state index contributed by atoms with van der Waals surface area (Å²) in [4.78, 5) is 28.2. The Hall–Kier alpha value is -3.35. The van der Waals surface area contributed by atoms with E-state index in [1.165, 1.54) is 7.11 Å². The van der Waals surface area contributed by atoms with Crippen LogP contribution in [0.4, 0.5) is 0 Å². The smallest absolute Gasteiger partial charge is 0.307 e. The highest BCUT2D eigenvalue weighted by Crippen LogP contribution is 2.16. The number of hydrogen-bond donors (Lipinski definition) is 1. The molecule has 7 nitrogen and oxygen atoms in total. The second-order valence-electron chi connectivity index (χ2n) is 6.68. The van der Waals surface area contributed by atoms with E-state index in [1.54, 1.807) is 31.2 Å². The van der Waals surface area contributed by atoms with Crippen molar-refractivity contribution in [2.75, 3.05) is 7.11 Å². The number of imidazole rings is 1. The number of nitrogens with one attached hydrogen (secondary N) is 1. The van der Waals surface area contributed by atoms with Crippen molar-refractivity contribution in [3.8, 4) is 5.75 Å². The topological polar surface area (TPSA) is 81.9 Å². The van der Waals surface area contributed by atoms with E-state index in [0.717, 1.165) is 16.9 Å². The maximum atomic E-state index is 12.4. The Balaban J connectivity index is 1.62. The van der Waals surface area contributed by atoms with Crippen LogP contribution in [0.3, 0.4) is 0 Å². The molecule has 0 fully saturated rings. The fourth-order valence-corrected chi connectivity index (χ4v) is 2.80. The van der Waals surface area contributed by atoms with Crippen molar-refractivity contribution in [1.29, 1.82) is 0 Å². The minimum atomic E-state index is -0.368. The fourth-order valence-electron chi connectivity index (χ4n) is 2.80. The molecule has 2 aromatic heterocycles. The van der Waals surface area contributed by atoms with Crippen LogP contribution in [0.25, 0.3) is 5.65 Å². The Morgan fingerprint density at radius 3 is 2.82 bits per heavy atom. The zero-order valence-corrected chi connectivity index (χ0v) is 16.1. The van der Waals surface area contributed by atoms with Crippen molar-refractivity contribution in [1.82, 2.24) is 14.7 Å². The van der Waals surface area contributed by atoms with Crippen LogP contribution in [-0.2, 0) is 16.1 Å². The SMILES string of the molecule is COC(=O)CC(C)NC(=O)c1cccc(OCc2cn3cc(C)ccc3n2)c1. The van der Waals surface area contributed by atoms with Crippen LogP contribution in [-0.4, -0.2) is 34.4 Å². The van der Waals surface area contributed by atoms with E-state index < -0.39 is 0 Å². The van der Waals surface area contributed by atoms with Crippen LogP contribution in [0, 0.1) is 6.92 Å². The van der Waals surface area contributed by atoms with Crippen LogP contribution in [0.1, 0.15) is 35.0 Å². The molecule has 7 heteroatoms. The van der Waals surface area contributed by atoms with Gasteiger partial charge in [0.25, 0.3) is 5.91 Å². The van der Waals surface area contributed by atoms with Crippen LogP contribution >= 0.6 is 0 Å². The number of benzene rings is 1. The van der Waals surface area contributed by atoms with Gasteiger partial charge in [-0.1, -0.05) is 12.1 Å². The van der Waals surface area contributed by atoms with Crippen LogP contribution in [0.15, 0.2) is 48.8 Å². The monoisotopic (exact) mass is 381 g/mol. The lowest BCUT2D eigenvalue weighted by atomic mass is 10.1. The molecule has 0 aliphatic heterocycles. The number of rotatable bonds is 7. The van der Waals surface area contributed by atoms with Crippen LogP contribution in [0.2, 0.25) is 0 Å². The first-order chi connectivity index (χ1) is 13.4. The number of methoxy groups -OCH3 is 1. The predicted octanol–water partition coefficient (Wildman–Crippen LogP) is 2.90. The van der Waals surface area contributed by atoms with E-state index in [4.69, 9.17) is 4.74 Å². The second kappa shape index (κ2) is 8.56. The standard InChI is InChI=1S/C21H23N3O4/c1-14-7-8-19-23-17(12-24(19)11-14)13-28-18-6-4-5-16(10-18)21(26)22-15(2)9-20(25)27-3/h4-8,10-12,15H,9,13H2,1-3H3,(H,22,26). The van der Waals surface area contributed by atoms with Crippen molar-refractivity contribution >= 4 is 17.5 Å². The summed E-state index contributed by atoms with van der Waals surface area (Å²) in [7, 11) is 1.32. The number of aryl methyl sites for hydroxylation is 1. The average Bonchev–Trinajstić information content (AvgIpc) is 3.08. The van der Waals surface area contributed by atoms with E-state index in [9.17, 15) is 9.59 Å². The van der Waals surface area contributed by atoms with Gasteiger partial charge in [-0.15, -0.1) is 0 Å². The van der Waals surface area contributed by atoms with E-state index in [1.807, 2.05) is 35.9 Å². The van der Waals surface area contributed by atoms with Crippen LogP contribution < -0.4 is 10.1 Å². The van der Waals surface area contributed by atoms with Crippen molar-refractivity contribution < 1.29 is 19.1 Å². The molecule has 3 aromatic rings. The Kier molecular flexibility index (Phi) is 5.93. The molecule has 0 bridgehead atoms. The minimum absolute atomic E-state index is 0.117. The molecule has 1 amide bonds. The number of hydrogen-bond acceptors (Lipinski definition) is 5. The number of pyridine rings is 1. The maximum absolute atomic E-state index is 12.4. The first-order valence-electron chi connectivity index (χ1n) is 8.99. The molecule has 1 unspecified atom stereocenters. The van der Waals surface area contributed by atoms with Crippen molar-refractivity contribution in [3.05, 3.63) is 65.6 Å². The summed E-state index contributed by atoms with van der Waals surface area (Å²) in [6.45, 7) is 4.07. The number of esters is 1. The van der Waals surface area contributed by atoms with Gasteiger partial charge in [-0.2, -0.15) is 0 Å². The predicted molar refractivity (Wildman–Crippen MR) is 104 cm³/mol. The fraction of sp³-hybridized carbons (Fsp3) is 0.286. The molecule has 146 valence electrons. The lowest BCUT2D eigenvalue weighted by Gasteiger charge is -2.13. The van der Waals surface area contributed by atoms with Gasteiger partial charge >= 0.3 is 5.97 Å². The van der Waals surface area contributed by atoms with Crippen molar-refractivity contribution in [2.45, 2.75) is 32.9 Å². The molecule has 0 aliphatic carbocycles. The highest BCUT2D eigenvalue weighted by atomic mass is 16.5. The third kappa shape index (κ3) is 4.88. The van der Waals surface area contributed by atoms with E-state index >= 15 is 0 Å². The van der Waals surface area contributed by atoms with E-state index in [-0.39, 0.29) is 24.3 Å². The molecule has 0 spiro atoms. The molecular weight excluding hydrogens is 358 g/mol. The molecule has 28 heavy (non-hydrogen) atoms. The van der Waals surface area contributed by atoms with E-state index in [2.05, 4.69) is 15.0 Å². The lowest BCUT2D eigenvalue weighted by Crippen LogP contribution is -2.34. The molecule has 1 N–H and O–H groups in total. The van der Waals surface area contributed by atoms with Gasteiger partial charge in [0.15, 0.2) is 0 Å². The number of carbonyl (C=O) groups excluding carboxylic acids is 2. The summed E-state index contributed by atoms with van der Waals surface area (Å²) in [6.07, 6.45) is 4.05. The molecule has 0 aliphatic rings. The molecule has 0 saturated carbocycles. The van der Waals surface area contributed by atoms with Gasteiger partial charge in [0.2, 0.25) is 0 Å². The third-order valence-electron chi connectivity index (χ3n) is 4.21. The van der Waals surface area contributed by atoms with Gasteiger partial charge in [-0.05, 0) is 43.7 Å². The molecule has 0 saturated heterocycles. The quantitative estimate of drug-likeness (QED) is 0.637. The summed E-state index contributed by atoms with van der Waals surface area (Å²) >= 11 is 0. The molecule has 2 heterocycles. The Morgan fingerprint density at radius 2 is 2.04 bits per heavy atom. The summed E-state index contributed by atoms with van der Waals surface area (Å²) in [5, 5.41) is 2.77. The second-order valence-corrected chi connectivity index (χ2v) is 6.68. The van der Waals surface area contributed by atoms with Gasteiger partial charge < -0.3 is 19.2 Å². The lowest BCUT2D eigenvalue weighted by molar-refractivity contribution is -0.141. The highest BCUT2D eigenvalue weighted by Gasteiger charge is 2.14. The summed E-state index contributed by atoms with van der Waals surface area (Å²) < 4.78 is 12.4.